The van der Waals surface area contributed by atoms with E-state index >= 15 is 0 Å². The summed E-state index contributed by atoms with van der Waals surface area (Å²) < 4.78 is 11.4. The van der Waals surface area contributed by atoms with Crippen molar-refractivity contribution in [3.63, 3.8) is 0 Å². The number of hydrogen-bond donors (Lipinski definition) is 1. The van der Waals surface area contributed by atoms with Crippen LogP contribution in [-0.4, -0.2) is 43.2 Å². The molecule has 0 bridgehead atoms. The Balaban J connectivity index is 1.50. The third-order valence-corrected chi connectivity index (χ3v) is 6.22. The molecule has 2 heterocycles. The quantitative estimate of drug-likeness (QED) is 0.898. The van der Waals surface area contributed by atoms with Gasteiger partial charge in [-0.3, -0.25) is 9.69 Å². The third-order valence-electron chi connectivity index (χ3n) is 6.22. The van der Waals surface area contributed by atoms with E-state index in [0.29, 0.717) is 25.8 Å². The van der Waals surface area contributed by atoms with E-state index in [4.69, 9.17) is 9.47 Å². The monoisotopic (exact) mass is 358 g/mol. The van der Waals surface area contributed by atoms with E-state index in [1.807, 2.05) is 6.07 Å². The molecular formula is C21H30N2O3. The lowest BCUT2D eigenvalue weighted by Gasteiger charge is -2.36. The Bertz CT molecular complexity index is 655. The van der Waals surface area contributed by atoms with E-state index in [-0.39, 0.29) is 11.4 Å². The number of benzene rings is 1. The summed E-state index contributed by atoms with van der Waals surface area (Å²) >= 11 is 0. The van der Waals surface area contributed by atoms with Gasteiger partial charge in [0.05, 0.1) is 12.1 Å². The fraction of sp³-hybridized carbons (Fsp3) is 0.667. The number of carbonyl (C=O) groups is 1. The zero-order chi connectivity index (χ0) is 18.0. The average molecular weight is 358 g/mol. The van der Waals surface area contributed by atoms with Crippen LogP contribution in [0.2, 0.25) is 0 Å². The number of likely N-dealkylation sites (tertiary alicyclic amines) is 1. The van der Waals surface area contributed by atoms with Gasteiger partial charge in [0, 0.05) is 6.04 Å². The lowest BCUT2D eigenvalue weighted by atomic mass is 9.87. The number of hydrogen-bond acceptors (Lipinski definition) is 4. The molecule has 4 rings (SSSR count). The Kier molecular flexibility index (Phi) is 5.07. The number of nitrogens with one attached hydrogen (secondary N) is 1. The van der Waals surface area contributed by atoms with Crippen molar-refractivity contribution in [2.45, 2.75) is 63.5 Å². The zero-order valence-corrected chi connectivity index (χ0v) is 15.8. The maximum absolute atomic E-state index is 12.9. The number of fused-ring (bicyclic) bond motifs is 1. The van der Waals surface area contributed by atoms with Gasteiger partial charge >= 0.3 is 0 Å². The van der Waals surface area contributed by atoms with Crippen LogP contribution in [0, 0.1) is 0 Å². The minimum atomic E-state index is -0.258. The molecule has 26 heavy (non-hydrogen) atoms. The molecule has 1 aromatic rings. The first-order chi connectivity index (χ1) is 12.7. The molecule has 1 aromatic carbocycles. The minimum Gasteiger partial charge on any atom is -0.486 e. The molecular weight excluding hydrogens is 328 g/mol. The largest absolute Gasteiger partial charge is 0.486 e. The summed E-state index contributed by atoms with van der Waals surface area (Å²) in [6.45, 7) is 4.96. The fourth-order valence-corrected chi connectivity index (χ4v) is 4.69. The topological polar surface area (TPSA) is 50.8 Å². The molecule has 1 saturated carbocycles. The summed E-state index contributed by atoms with van der Waals surface area (Å²) in [5.41, 5.74) is 0.894. The molecule has 2 fully saturated rings. The van der Waals surface area contributed by atoms with E-state index < -0.39 is 0 Å². The highest BCUT2D eigenvalue weighted by Gasteiger charge is 2.38. The van der Waals surface area contributed by atoms with Crippen LogP contribution in [0.25, 0.3) is 0 Å². The number of amides is 1. The van der Waals surface area contributed by atoms with Crippen LogP contribution in [-0.2, 0) is 10.3 Å². The van der Waals surface area contributed by atoms with Gasteiger partial charge in [-0.15, -0.1) is 0 Å². The molecule has 0 aromatic heterocycles. The predicted octanol–water partition coefficient (Wildman–Crippen LogP) is 3.22. The minimum absolute atomic E-state index is 0.149. The van der Waals surface area contributed by atoms with Gasteiger partial charge in [-0.05, 0) is 56.8 Å². The zero-order valence-electron chi connectivity index (χ0n) is 15.8. The Hall–Kier alpha value is -1.75. The van der Waals surface area contributed by atoms with E-state index in [2.05, 4.69) is 29.3 Å². The Morgan fingerprint density at radius 2 is 1.92 bits per heavy atom. The van der Waals surface area contributed by atoms with Crippen LogP contribution in [0.1, 0.15) is 57.4 Å². The number of nitrogens with zero attached hydrogens (tertiary/aromatic N) is 1. The van der Waals surface area contributed by atoms with Crippen molar-refractivity contribution < 1.29 is 14.3 Å². The van der Waals surface area contributed by atoms with Gasteiger partial charge in [-0.1, -0.05) is 25.3 Å². The van der Waals surface area contributed by atoms with Crippen molar-refractivity contribution in [3.05, 3.63) is 23.8 Å². The molecule has 1 atom stereocenters. The number of carbonyl (C=O) groups excluding carboxylic acids is 1. The van der Waals surface area contributed by atoms with Crippen LogP contribution in [0.5, 0.6) is 11.5 Å². The van der Waals surface area contributed by atoms with Crippen molar-refractivity contribution in [3.8, 4) is 11.5 Å². The Labute approximate surface area is 156 Å². The van der Waals surface area contributed by atoms with Crippen LogP contribution in [0.4, 0.5) is 0 Å². The molecule has 1 amide bonds. The molecule has 5 heteroatoms. The second kappa shape index (κ2) is 7.47. The lowest BCUT2D eigenvalue weighted by molar-refractivity contribution is -0.125. The fourth-order valence-electron chi connectivity index (χ4n) is 4.69. The SMILES string of the molecule is CC1CCCCN1CC(=O)NC1(c2ccc3c(c2)OCCO3)CCCC1. The van der Waals surface area contributed by atoms with Crippen molar-refractivity contribution in [2.24, 2.45) is 0 Å². The normalized spacial score (nSPS) is 25.0. The standard InChI is InChI=1S/C21H30N2O3/c1-16-6-2-5-11-23(16)15-20(24)22-21(9-3-4-10-21)17-7-8-18-19(14-17)26-13-12-25-18/h7-8,14,16H,2-6,9-13,15H2,1H3,(H,22,24). The molecule has 1 aliphatic carbocycles. The predicted molar refractivity (Wildman–Crippen MR) is 101 cm³/mol. The summed E-state index contributed by atoms with van der Waals surface area (Å²) in [6, 6.07) is 6.66. The summed E-state index contributed by atoms with van der Waals surface area (Å²) in [7, 11) is 0. The molecule has 2 aliphatic heterocycles. The van der Waals surface area contributed by atoms with Gasteiger partial charge in [0.1, 0.15) is 13.2 Å². The third kappa shape index (κ3) is 3.54. The van der Waals surface area contributed by atoms with Crippen molar-refractivity contribution in [1.29, 1.82) is 0 Å². The van der Waals surface area contributed by atoms with E-state index in [9.17, 15) is 4.79 Å². The van der Waals surface area contributed by atoms with Crippen molar-refractivity contribution in [2.75, 3.05) is 26.3 Å². The summed E-state index contributed by atoms with van der Waals surface area (Å²) in [5.74, 6) is 1.76. The first kappa shape index (κ1) is 17.7. The Morgan fingerprint density at radius 3 is 2.69 bits per heavy atom. The molecule has 3 aliphatic rings. The average Bonchev–Trinajstić information content (AvgIpc) is 3.13. The second-order valence-corrected chi connectivity index (χ2v) is 8.01. The van der Waals surface area contributed by atoms with Crippen LogP contribution >= 0.6 is 0 Å². The highest BCUT2D eigenvalue weighted by Crippen LogP contribution is 2.42. The van der Waals surface area contributed by atoms with Gasteiger partial charge in [0.25, 0.3) is 0 Å². The lowest BCUT2D eigenvalue weighted by Crippen LogP contribution is -2.50. The highest BCUT2D eigenvalue weighted by molar-refractivity contribution is 5.79. The number of piperidine rings is 1. The van der Waals surface area contributed by atoms with E-state index in [0.717, 1.165) is 49.3 Å². The van der Waals surface area contributed by atoms with Crippen molar-refractivity contribution in [1.82, 2.24) is 10.2 Å². The smallest absolute Gasteiger partial charge is 0.234 e. The number of rotatable bonds is 4. The second-order valence-electron chi connectivity index (χ2n) is 8.01. The van der Waals surface area contributed by atoms with Gasteiger partial charge in [0.2, 0.25) is 5.91 Å². The van der Waals surface area contributed by atoms with Gasteiger partial charge in [-0.25, -0.2) is 0 Å². The van der Waals surface area contributed by atoms with E-state index in [1.165, 1.54) is 19.3 Å². The molecule has 142 valence electrons. The maximum Gasteiger partial charge on any atom is 0.234 e. The van der Waals surface area contributed by atoms with Gasteiger partial charge in [0.15, 0.2) is 11.5 Å². The first-order valence-corrected chi connectivity index (χ1v) is 10.1. The maximum atomic E-state index is 12.9. The molecule has 0 radical (unpaired) electrons. The van der Waals surface area contributed by atoms with E-state index in [1.54, 1.807) is 0 Å². The van der Waals surface area contributed by atoms with Crippen LogP contribution in [0.15, 0.2) is 18.2 Å². The molecule has 1 unspecified atom stereocenters. The summed E-state index contributed by atoms with van der Waals surface area (Å²) in [4.78, 5) is 15.2. The van der Waals surface area contributed by atoms with Crippen LogP contribution in [0.3, 0.4) is 0 Å². The highest BCUT2D eigenvalue weighted by atomic mass is 16.6. The molecule has 1 N–H and O–H groups in total. The Morgan fingerprint density at radius 1 is 1.15 bits per heavy atom. The van der Waals surface area contributed by atoms with Gasteiger partial charge in [-0.2, -0.15) is 0 Å². The summed E-state index contributed by atoms with van der Waals surface area (Å²) in [5, 5.41) is 3.41. The van der Waals surface area contributed by atoms with Crippen LogP contribution < -0.4 is 14.8 Å². The molecule has 1 saturated heterocycles. The summed E-state index contributed by atoms with van der Waals surface area (Å²) in [6.07, 6.45) is 7.96. The van der Waals surface area contributed by atoms with Gasteiger partial charge < -0.3 is 14.8 Å². The number of ether oxygens (including phenoxy) is 2. The molecule has 5 nitrogen and oxygen atoms in total. The molecule has 0 spiro atoms. The first-order valence-electron chi connectivity index (χ1n) is 10.1. The van der Waals surface area contributed by atoms with Crippen molar-refractivity contribution >= 4 is 5.91 Å².